The van der Waals surface area contributed by atoms with Gasteiger partial charge in [0.15, 0.2) is 5.79 Å². The summed E-state index contributed by atoms with van der Waals surface area (Å²) < 4.78 is 12.1. The van der Waals surface area contributed by atoms with E-state index in [0.717, 1.165) is 64.6 Å². The lowest BCUT2D eigenvalue weighted by Gasteiger charge is -2.59. The molecule has 3 saturated carbocycles. The van der Waals surface area contributed by atoms with E-state index >= 15 is 0 Å². The zero-order chi connectivity index (χ0) is 19.6. The van der Waals surface area contributed by atoms with Crippen LogP contribution in [0.3, 0.4) is 0 Å². The van der Waals surface area contributed by atoms with Crippen LogP contribution in [-0.2, 0) is 9.47 Å². The molecule has 1 heterocycles. The van der Waals surface area contributed by atoms with Gasteiger partial charge in [0, 0.05) is 19.4 Å². The number of hydrogen-bond donors (Lipinski definition) is 2. The van der Waals surface area contributed by atoms with Crippen molar-refractivity contribution >= 4 is 0 Å². The van der Waals surface area contributed by atoms with Crippen molar-refractivity contribution < 1.29 is 19.7 Å². The summed E-state index contributed by atoms with van der Waals surface area (Å²) in [4.78, 5) is 0. The molecular formula is C24H38O4. The summed E-state index contributed by atoms with van der Waals surface area (Å²) in [6, 6.07) is 0. The predicted molar refractivity (Wildman–Crippen MR) is 108 cm³/mol. The maximum Gasteiger partial charge on any atom is 0.172 e. The van der Waals surface area contributed by atoms with Gasteiger partial charge in [0.2, 0.25) is 0 Å². The van der Waals surface area contributed by atoms with Gasteiger partial charge in [0.1, 0.15) is 0 Å². The molecule has 7 atom stereocenters. The number of hydrogen-bond acceptors (Lipinski definition) is 4. The molecule has 1 saturated heterocycles. The highest BCUT2D eigenvalue weighted by atomic mass is 16.7. The van der Waals surface area contributed by atoms with E-state index < -0.39 is 0 Å². The van der Waals surface area contributed by atoms with Crippen LogP contribution in [0.1, 0.15) is 71.6 Å². The molecule has 0 aromatic carbocycles. The van der Waals surface area contributed by atoms with Gasteiger partial charge in [-0.2, -0.15) is 0 Å². The number of allylic oxidation sites excluding steroid dienone is 1. The van der Waals surface area contributed by atoms with Crippen molar-refractivity contribution in [2.75, 3.05) is 19.8 Å². The quantitative estimate of drug-likeness (QED) is 0.714. The minimum Gasteiger partial charge on any atom is -0.396 e. The first-order chi connectivity index (χ1) is 13.4. The average molecular weight is 391 g/mol. The lowest BCUT2D eigenvalue weighted by atomic mass is 9.47. The second-order valence-electron chi connectivity index (χ2n) is 10.9. The molecule has 5 rings (SSSR count). The molecule has 4 heteroatoms. The Morgan fingerprint density at radius 2 is 1.93 bits per heavy atom. The molecule has 4 unspecified atom stereocenters. The second-order valence-corrected chi connectivity index (χ2v) is 10.9. The van der Waals surface area contributed by atoms with Gasteiger partial charge in [0.25, 0.3) is 0 Å². The van der Waals surface area contributed by atoms with E-state index in [-0.39, 0.29) is 29.3 Å². The van der Waals surface area contributed by atoms with Crippen LogP contribution in [0.25, 0.3) is 0 Å². The molecule has 0 amide bonds. The van der Waals surface area contributed by atoms with Crippen LogP contribution in [0.2, 0.25) is 0 Å². The van der Waals surface area contributed by atoms with E-state index in [0.29, 0.717) is 23.7 Å². The van der Waals surface area contributed by atoms with Crippen LogP contribution in [0, 0.1) is 34.5 Å². The summed E-state index contributed by atoms with van der Waals surface area (Å²) in [5.41, 5.74) is 1.91. The maximum atomic E-state index is 11.0. The first-order valence-corrected chi connectivity index (χ1v) is 11.7. The number of aliphatic hydroxyl groups excluding tert-OH is 2. The number of rotatable bonds is 3. The van der Waals surface area contributed by atoms with Gasteiger partial charge >= 0.3 is 0 Å². The minimum absolute atomic E-state index is 0.0660. The first kappa shape index (κ1) is 19.5. The molecule has 5 aliphatic rings. The number of ether oxygens (including phenoxy) is 2. The van der Waals surface area contributed by atoms with Gasteiger partial charge in [0.05, 0.1) is 19.3 Å². The lowest BCUT2D eigenvalue weighted by molar-refractivity contribution is -0.186. The average Bonchev–Trinajstić information content (AvgIpc) is 3.23. The van der Waals surface area contributed by atoms with E-state index in [4.69, 9.17) is 9.47 Å². The zero-order valence-corrected chi connectivity index (χ0v) is 17.7. The summed E-state index contributed by atoms with van der Waals surface area (Å²) >= 11 is 0. The number of fused-ring (bicyclic) bond motifs is 5. The third-order valence-corrected chi connectivity index (χ3v) is 9.75. The molecule has 158 valence electrons. The van der Waals surface area contributed by atoms with Crippen LogP contribution in [-0.4, -0.2) is 41.9 Å². The molecule has 4 fully saturated rings. The SMILES string of the molecule is C[C@]12CCC3(CC1=CCC1C2CC[C@@]2(C)C1C(CCCO)C[C@@H]2O)OCCO3. The normalized spacial score (nSPS) is 49.4. The summed E-state index contributed by atoms with van der Waals surface area (Å²) in [7, 11) is 0. The summed E-state index contributed by atoms with van der Waals surface area (Å²) in [6.45, 7) is 6.61. The molecule has 0 aromatic rings. The van der Waals surface area contributed by atoms with Crippen molar-refractivity contribution in [2.24, 2.45) is 34.5 Å². The molecule has 4 aliphatic carbocycles. The van der Waals surface area contributed by atoms with E-state index in [1.807, 2.05) is 0 Å². The van der Waals surface area contributed by atoms with Crippen molar-refractivity contribution in [1.29, 1.82) is 0 Å². The number of aliphatic hydroxyl groups is 2. The Labute approximate surface area is 169 Å². The first-order valence-electron chi connectivity index (χ1n) is 11.7. The zero-order valence-electron chi connectivity index (χ0n) is 17.7. The molecule has 1 spiro atoms. The van der Waals surface area contributed by atoms with Crippen LogP contribution >= 0.6 is 0 Å². The highest BCUT2D eigenvalue weighted by Gasteiger charge is 2.62. The van der Waals surface area contributed by atoms with Gasteiger partial charge in [-0.3, -0.25) is 0 Å². The van der Waals surface area contributed by atoms with Gasteiger partial charge in [-0.15, -0.1) is 0 Å². The van der Waals surface area contributed by atoms with E-state index in [9.17, 15) is 10.2 Å². The van der Waals surface area contributed by atoms with Gasteiger partial charge in [-0.25, -0.2) is 0 Å². The Morgan fingerprint density at radius 1 is 1.14 bits per heavy atom. The van der Waals surface area contributed by atoms with Crippen molar-refractivity contribution in [1.82, 2.24) is 0 Å². The lowest BCUT2D eigenvalue weighted by Crippen LogP contribution is -2.53. The fraction of sp³-hybridized carbons (Fsp3) is 0.917. The van der Waals surface area contributed by atoms with Gasteiger partial charge in [-0.05, 0) is 79.4 Å². The Kier molecular flexibility index (Phi) is 4.74. The monoisotopic (exact) mass is 390 g/mol. The third kappa shape index (κ3) is 2.71. The largest absolute Gasteiger partial charge is 0.396 e. The topological polar surface area (TPSA) is 58.9 Å². The van der Waals surface area contributed by atoms with Crippen molar-refractivity contribution in [3.63, 3.8) is 0 Å². The Hall–Kier alpha value is -0.420. The van der Waals surface area contributed by atoms with Crippen LogP contribution in [0.15, 0.2) is 11.6 Å². The van der Waals surface area contributed by atoms with Crippen LogP contribution in [0.5, 0.6) is 0 Å². The van der Waals surface area contributed by atoms with Crippen molar-refractivity contribution in [3.8, 4) is 0 Å². The molecule has 0 aromatic heterocycles. The van der Waals surface area contributed by atoms with E-state index in [1.54, 1.807) is 5.57 Å². The van der Waals surface area contributed by atoms with E-state index in [2.05, 4.69) is 19.9 Å². The molecular weight excluding hydrogens is 352 g/mol. The highest BCUT2D eigenvalue weighted by Crippen LogP contribution is 2.67. The third-order valence-electron chi connectivity index (χ3n) is 9.75. The fourth-order valence-electron chi connectivity index (χ4n) is 8.26. The highest BCUT2D eigenvalue weighted by molar-refractivity contribution is 5.27. The van der Waals surface area contributed by atoms with Gasteiger partial charge in [-0.1, -0.05) is 25.5 Å². The molecule has 4 nitrogen and oxygen atoms in total. The van der Waals surface area contributed by atoms with Crippen LogP contribution < -0.4 is 0 Å². The molecule has 2 N–H and O–H groups in total. The molecule has 1 aliphatic heterocycles. The molecule has 28 heavy (non-hydrogen) atoms. The Balaban J connectivity index is 1.44. The van der Waals surface area contributed by atoms with Gasteiger partial charge < -0.3 is 19.7 Å². The second kappa shape index (κ2) is 6.80. The maximum absolute atomic E-state index is 11.0. The van der Waals surface area contributed by atoms with Crippen LogP contribution in [0.4, 0.5) is 0 Å². The molecule has 0 bridgehead atoms. The predicted octanol–water partition coefficient (Wildman–Crippen LogP) is 4.05. The summed E-state index contributed by atoms with van der Waals surface area (Å²) in [6.07, 6.45) is 11.9. The van der Waals surface area contributed by atoms with Crippen molar-refractivity contribution in [3.05, 3.63) is 11.6 Å². The summed E-state index contributed by atoms with van der Waals surface area (Å²) in [5.74, 6) is 2.21. The van der Waals surface area contributed by atoms with E-state index in [1.165, 1.54) is 6.42 Å². The Bertz CT molecular complexity index is 639. The Morgan fingerprint density at radius 3 is 2.68 bits per heavy atom. The smallest absolute Gasteiger partial charge is 0.172 e. The summed E-state index contributed by atoms with van der Waals surface area (Å²) in [5, 5.41) is 20.4. The fourth-order valence-corrected chi connectivity index (χ4v) is 8.26. The minimum atomic E-state index is -0.339. The standard InChI is InChI=1S/C24H38O4/c1-22-9-10-24(27-12-13-28-24)15-17(22)5-6-18-19(22)7-8-23(2)20(26)14-16(21(18)23)4-3-11-25/h5,16,18-21,25-26H,3-4,6-15H2,1-2H3/t16?,18?,19?,20-,21?,22-,23+/m0/s1. The molecule has 0 radical (unpaired) electrons. The van der Waals surface area contributed by atoms with Crippen molar-refractivity contribution in [2.45, 2.75) is 83.5 Å².